The maximum atomic E-state index is 3.26. The molecule has 4 aromatic carbocycles. The minimum Gasteiger partial charge on any atom is -0.0622 e. The Labute approximate surface area is 167 Å². The smallest absolute Gasteiger partial charge is 0.0249 e. The normalized spacial score (nSPS) is 10.2. The number of benzene rings is 4. The molecular weight excluding hydrogens is 336 g/mol. The van der Waals surface area contributed by atoms with E-state index in [9.17, 15) is 0 Å². The summed E-state index contributed by atoms with van der Waals surface area (Å²) >= 11 is 0. The number of aryl methyl sites for hydroxylation is 1. The van der Waals surface area contributed by atoms with Crippen molar-refractivity contribution in [1.82, 2.24) is 0 Å². The molecule has 134 valence electrons. The van der Waals surface area contributed by atoms with Crippen molar-refractivity contribution in [2.45, 2.75) is 13.3 Å². The second-order valence-electron chi connectivity index (χ2n) is 6.82. The Bertz CT molecular complexity index is 1090. The van der Waals surface area contributed by atoms with E-state index in [0.717, 1.165) is 17.5 Å². The third kappa shape index (κ3) is 4.22. The highest BCUT2D eigenvalue weighted by Crippen LogP contribution is 2.25. The van der Waals surface area contributed by atoms with E-state index in [1.54, 1.807) is 0 Å². The first-order chi connectivity index (χ1) is 13.8. The van der Waals surface area contributed by atoms with Crippen LogP contribution in [0.3, 0.4) is 0 Å². The van der Waals surface area contributed by atoms with Gasteiger partial charge in [-0.05, 0) is 58.5 Å². The van der Waals surface area contributed by atoms with Gasteiger partial charge in [0.2, 0.25) is 0 Å². The maximum absolute atomic E-state index is 3.26. The van der Waals surface area contributed by atoms with Crippen LogP contribution in [0.15, 0.2) is 103 Å². The summed E-state index contributed by atoms with van der Waals surface area (Å²) < 4.78 is 0. The molecule has 0 spiro atoms. The van der Waals surface area contributed by atoms with Crippen LogP contribution in [0.2, 0.25) is 0 Å². The summed E-state index contributed by atoms with van der Waals surface area (Å²) in [6.45, 7) is 2.16. The molecule has 0 aliphatic rings. The topological polar surface area (TPSA) is 0 Å². The van der Waals surface area contributed by atoms with E-state index in [1.165, 1.54) is 27.8 Å². The molecule has 0 unspecified atom stereocenters. The minimum atomic E-state index is 1.03. The fraction of sp³-hybridized carbons (Fsp3) is 0.0714. The molecule has 0 saturated carbocycles. The highest BCUT2D eigenvalue weighted by atomic mass is 14.0. The van der Waals surface area contributed by atoms with Crippen molar-refractivity contribution in [3.63, 3.8) is 0 Å². The summed E-state index contributed by atoms with van der Waals surface area (Å²) in [4.78, 5) is 0. The van der Waals surface area contributed by atoms with Crippen LogP contribution in [0, 0.1) is 11.8 Å². The summed E-state index contributed by atoms with van der Waals surface area (Å²) in [5, 5.41) is 0. The predicted octanol–water partition coefficient (Wildman–Crippen LogP) is 6.98. The van der Waals surface area contributed by atoms with Gasteiger partial charge < -0.3 is 0 Å². The van der Waals surface area contributed by atoms with Gasteiger partial charge in [0.1, 0.15) is 0 Å². The fourth-order valence-corrected chi connectivity index (χ4v) is 3.20. The van der Waals surface area contributed by atoms with E-state index in [2.05, 4.69) is 116 Å². The van der Waals surface area contributed by atoms with Crippen molar-refractivity contribution < 1.29 is 0 Å². The quantitative estimate of drug-likeness (QED) is 0.346. The number of hydrogen-bond acceptors (Lipinski definition) is 0. The monoisotopic (exact) mass is 358 g/mol. The summed E-state index contributed by atoms with van der Waals surface area (Å²) in [7, 11) is 0. The van der Waals surface area contributed by atoms with Crippen LogP contribution in [0.5, 0.6) is 0 Å². The van der Waals surface area contributed by atoms with Gasteiger partial charge in [0.05, 0.1) is 0 Å². The van der Waals surface area contributed by atoms with Gasteiger partial charge in [-0.2, -0.15) is 0 Å². The van der Waals surface area contributed by atoms with Gasteiger partial charge in [0, 0.05) is 11.1 Å². The molecule has 4 rings (SSSR count). The number of hydrogen-bond donors (Lipinski definition) is 0. The Morgan fingerprint density at radius 1 is 0.464 bits per heavy atom. The lowest BCUT2D eigenvalue weighted by atomic mass is 9.99. The van der Waals surface area contributed by atoms with Crippen LogP contribution in [-0.2, 0) is 6.42 Å². The first kappa shape index (κ1) is 17.8. The minimum absolute atomic E-state index is 1.03. The standard InChI is InChI=1S/C28H22/c1-2-22-8-10-23(11-9-22)12-13-24-14-16-26(17-15-24)28-20-18-27(19-21-28)25-6-4-3-5-7-25/h3-11,14-21H,2H2,1H3. The lowest BCUT2D eigenvalue weighted by Gasteiger charge is -2.05. The average Bonchev–Trinajstić information content (AvgIpc) is 2.79. The molecule has 0 aliphatic heterocycles. The Morgan fingerprint density at radius 3 is 1.32 bits per heavy atom. The van der Waals surface area contributed by atoms with Crippen molar-refractivity contribution in [3.8, 4) is 34.1 Å². The van der Waals surface area contributed by atoms with Crippen molar-refractivity contribution in [1.29, 1.82) is 0 Å². The molecular formula is C28H22. The van der Waals surface area contributed by atoms with Crippen LogP contribution in [0.25, 0.3) is 22.3 Å². The molecule has 0 saturated heterocycles. The molecule has 0 radical (unpaired) electrons. The third-order valence-electron chi connectivity index (χ3n) is 4.92. The highest BCUT2D eigenvalue weighted by Gasteiger charge is 2.00. The molecule has 0 atom stereocenters. The zero-order valence-electron chi connectivity index (χ0n) is 16.0. The van der Waals surface area contributed by atoms with Gasteiger partial charge >= 0.3 is 0 Å². The molecule has 0 nitrogen and oxygen atoms in total. The second-order valence-corrected chi connectivity index (χ2v) is 6.82. The second kappa shape index (κ2) is 8.42. The Kier molecular flexibility index (Phi) is 5.36. The largest absolute Gasteiger partial charge is 0.0622 e. The average molecular weight is 358 g/mol. The molecule has 0 heteroatoms. The predicted molar refractivity (Wildman–Crippen MR) is 119 cm³/mol. The number of rotatable bonds is 3. The Hall–Kier alpha value is -3.56. The van der Waals surface area contributed by atoms with Gasteiger partial charge in [0.15, 0.2) is 0 Å². The van der Waals surface area contributed by atoms with Crippen LogP contribution in [-0.4, -0.2) is 0 Å². The first-order valence-electron chi connectivity index (χ1n) is 9.69. The van der Waals surface area contributed by atoms with E-state index >= 15 is 0 Å². The van der Waals surface area contributed by atoms with E-state index in [1.807, 2.05) is 6.07 Å². The summed E-state index contributed by atoms with van der Waals surface area (Å²) in [5.74, 6) is 6.50. The van der Waals surface area contributed by atoms with Crippen LogP contribution < -0.4 is 0 Å². The maximum Gasteiger partial charge on any atom is 0.0249 e. The molecule has 0 bridgehead atoms. The van der Waals surface area contributed by atoms with Crippen LogP contribution in [0.1, 0.15) is 23.6 Å². The van der Waals surface area contributed by atoms with Gasteiger partial charge in [-0.25, -0.2) is 0 Å². The first-order valence-corrected chi connectivity index (χ1v) is 9.69. The zero-order chi connectivity index (χ0) is 19.2. The summed E-state index contributed by atoms with van der Waals surface area (Å²) in [6.07, 6.45) is 1.06. The summed E-state index contributed by atoms with van der Waals surface area (Å²) in [6, 6.07) is 36.1. The molecule has 0 amide bonds. The highest BCUT2D eigenvalue weighted by molar-refractivity contribution is 5.70. The SMILES string of the molecule is CCc1ccc(C#Cc2ccc(-c3ccc(-c4ccccc4)cc3)cc2)cc1. The molecule has 0 fully saturated rings. The van der Waals surface area contributed by atoms with Crippen molar-refractivity contribution in [2.75, 3.05) is 0 Å². The molecule has 4 aromatic rings. The van der Waals surface area contributed by atoms with E-state index in [0.29, 0.717) is 0 Å². The lowest BCUT2D eigenvalue weighted by Crippen LogP contribution is -1.82. The van der Waals surface area contributed by atoms with E-state index < -0.39 is 0 Å². The van der Waals surface area contributed by atoms with Gasteiger partial charge in [-0.1, -0.05) is 97.6 Å². The molecule has 0 aliphatic carbocycles. The molecule has 28 heavy (non-hydrogen) atoms. The third-order valence-corrected chi connectivity index (χ3v) is 4.92. The van der Waals surface area contributed by atoms with Gasteiger partial charge in [-0.15, -0.1) is 0 Å². The van der Waals surface area contributed by atoms with Gasteiger partial charge in [-0.3, -0.25) is 0 Å². The van der Waals surface area contributed by atoms with Crippen LogP contribution in [0.4, 0.5) is 0 Å². The van der Waals surface area contributed by atoms with Crippen LogP contribution >= 0.6 is 0 Å². The van der Waals surface area contributed by atoms with Crippen molar-refractivity contribution in [3.05, 3.63) is 120 Å². The molecule has 0 heterocycles. The van der Waals surface area contributed by atoms with E-state index in [4.69, 9.17) is 0 Å². The Balaban J connectivity index is 1.49. The zero-order valence-corrected chi connectivity index (χ0v) is 16.0. The fourth-order valence-electron chi connectivity index (χ4n) is 3.20. The van der Waals surface area contributed by atoms with E-state index in [-0.39, 0.29) is 0 Å². The Morgan fingerprint density at radius 2 is 0.857 bits per heavy atom. The molecule has 0 aromatic heterocycles. The van der Waals surface area contributed by atoms with Crippen molar-refractivity contribution >= 4 is 0 Å². The lowest BCUT2D eigenvalue weighted by molar-refractivity contribution is 1.14. The summed E-state index contributed by atoms with van der Waals surface area (Å²) in [5.41, 5.74) is 8.33. The molecule has 0 N–H and O–H groups in total. The van der Waals surface area contributed by atoms with Crippen molar-refractivity contribution in [2.24, 2.45) is 0 Å². The van der Waals surface area contributed by atoms with Gasteiger partial charge in [0.25, 0.3) is 0 Å².